The zero-order valence-corrected chi connectivity index (χ0v) is 11.3. The number of hydrogen-bond donors (Lipinski definition) is 1. The Morgan fingerprint density at radius 2 is 2.27 bits per heavy atom. The Balaban J connectivity index is 2.16. The fourth-order valence-corrected chi connectivity index (χ4v) is 2.68. The number of nitrogens with one attached hydrogen (secondary N) is 1. The molecule has 84 valence electrons. The van der Waals surface area contributed by atoms with E-state index in [1.807, 2.05) is 12.1 Å². The van der Waals surface area contributed by atoms with Crippen molar-refractivity contribution in [3.8, 4) is 0 Å². The quantitative estimate of drug-likeness (QED) is 0.795. The molecule has 1 aromatic rings. The van der Waals surface area contributed by atoms with Gasteiger partial charge in [0.05, 0.1) is 10.3 Å². The van der Waals surface area contributed by atoms with Crippen LogP contribution in [0.1, 0.15) is 37.5 Å². The molecule has 4 heteroatoms. The first kappa shape index (κ1) is 12.7. The maximum absolute atomic E-state index is 11.4. The zero-order valence-electron chi connectivity index (χ0n) is 8.88. The van der Waals surface area contributed by atoms with Crippen molar-refractivity contribution in [1.29, 1.82) is 0 Å². The summed E-state index contributed by atoms with van der Waals surface area (Å²) < 4.78 is 1.11. The third-order valence-corrected chi connectivity index (χ3v) is 3.72. The molecule has 0 bridgehead atoms. The van der Waals surface area contributed by atoms with Gasteiger partial charge in [0, 0.05) is 11.3 Å². The van der Waals surface area contributed by atoms with Crippen LogP contribution in [-0.2, 0) is 11.3 Å². The van der Waals surface area contributed by atoms with E-state index in [2.05, 4.69) is 28.2 Å². The monoisotopic (exact) mass is 289 g/mol. The number of thiophene rings is 1. The van der Waals surface area contributed by atoms with E-state index in [0.717, 1.165) is 23.0 Å². The van der Waals surface area contributed by atoms with E-state index < -0.39 is 0 Å². The molecule has 0 unspecified atom stereocenters. The number of hydrogen-bond acceptors (Lipinski definition) is 2. The van der Waals surface area contributed by atoms with Gasteiger partial charge in [-0.15, -0.1) is 11.3 Å². The molecule has 0 radical (unpaired) electrons. The molecule has 0 atom stereocenters. The summed E-state index contributed by atoms with van der Waals surface area (Å²) in [5, 5.41) is 2.92. The highest BCUT2D eigenvalue weighted by atomic mass is 79.9. The van der Waals surface area contributed by atoms with Crippen molar-refractivity contribution in [2.75, 3.05) is 0 Å². The predicted octanol–water partition coefficient (Wildman–Crippen LogP) is 3.71. The van der Waals surface area contributed by atoms with Crippen LogP contribution in [0, 0.1) is 0 Å². The van der Waals surface area contributed by atoms with Crippen molar-refractivity contribution in [2.24, 2.45) is 0 Å². The summed E-state index contributed by atoms with van der Waals surface area (Å²) in [4.78, 5) is 12.6. The standard InChI is InChI=1S/C11H16BrNOS/c1-2-3-4-5-11(14)13-8-9-6-7-10(12)15-9/h6-7H,2-5,8H2,1H3,(H,13,14). The van der Waals surface area contributed by atoms with Gasteiger partial charge in [-0.2, -0.15) is 0 Å². The maximum Gasteiger partial charge on any atom is 0.220 e. The summed E-state index contributed by atoms with van der Waals surface area (Å²) in [7, 11) is 0. The zero-order chi connectivity index (χ0) is 11.1. The third kappa shape index (κ3) is 5.33. The summed E-state index contributed by atoms with van der Waals surface area (Å²) in [6.07, 6.45) is 3.94. The van der Waals surface area contributed by atoms with Crippen molar-refractivity contribution in [1.82, 2.24) is 5.32 Å². The number of amides is 1. The molecule has 0 fully saturated rings. The number of carbonyl (C=O) groups is 1. The van der Waals surface area contributed by atoms with E-state index in [1.165, 1.54) is 4.88 Å². The number of halogens is 1. The van der Waals surface area contributed by atoms with Crippen molar-refractivity contribution in [3.63, 3.8) is 0 Å². The Hall–Kier alpha value is -0.350. The average molecular weight is 290 g/mol. The van der Waals surface area contributed by atoms with Gasteiger partial charge in [-0.25, -0.2) is 0 Å². The van der Waals surface area contributed by atoms with Crippen LogP contribution in [-0.4, -0.2) is 5.91 Å². The van der Waals surface area contributed by atoms with Gasteiger partial charge in [-0.1, -0.05) is 19.8 Å². The molecule has 15 heavy (non-hydrogen) atoms. The fraction of sp³-hybridized carbons (Fsp3) is 0.545. The Morgan fingerprint density at radius 3 is 2.87 bits per heavy atom. The lowest BCUT2D eigenvalue weighted by molar-refractivity contribution is -0.121. The van der Waals surface area contributed by atoms with Crippen LogP contribution in [0.4, 0.5) is 0 Å². The Bertz CT molecular complexity index is 311. The van der Waals surface area contributed by atoms with E-state index in [9.17, 15) is 4.79 Å². The molecule has 1 N–H and O–H groups in total. The summed E-state index contributed by atoms with van der Waals surface area (Å²) in [6, 6.07) is 4.03. The fourth-order valence-electron chi connectivity index (χ4n) is 1.26. The van der Waals surface area contributed by atoms with Gasteiger partial charge in [0.2, 0.25) is 5.91 Å². The minimum atomic E-state index is 0.160. The predicted molar refractivity (Wildman–Crippen MR) is 68.0 cm³/mol. The molecule has 0 aliphatic rings. The first-order valence-electron chi connectivity index (χ1n) is 5.23. The highest BCUT2D eigenvalue weighted by Gasteiger charge is 2.02. The molecule has 0 aliphatic heterocycles. The molecule has 1 rings (SSSR count). The minimum absolute atomic E-state index is 0.160. The molecule has 0 saturated heterocycles. The molecule has 0 aromatic carbocycles. The first-order valence-corrected chi connectivity index (χ1v) is 6.84. The van der Waals surface area contributed by atoms with Crippen LogP contribution < -0.4 is 5.32 Å². The third-order valence-electron chi connectivity index (χ3n) is 2.10. The maximum atomic E-state index is 11.4. The van der Waals surface area contributed by atoms with E-state index in [0.29, 0.717) is 13.0 Å². The van der Waals surface area contributed by atoms with Crippen LogP contribution in [0.2, 0.25) is 0 Å². The van der Waals surface area contributed by atoms with Crippen LogP contribution in [0.25, 0.3) is 0 Å². The molecule has 0 aliphatic carbocycles. The molecular weight excluding hydrogens is 274 g/mol. The van der Waals surface area contributed by atoms with Crippen molar-refractivity contribution in [2.45, 2.75) is 39.2 Å². The first-order chi connectivity index (χ1) is 7.22. The molecular formula is C11H16BrNOS. The Labute approximate surface area is 103 Å². The number of carbonyl (C=O) groups excluding carboxylic acids is 1. The van der Waals surface area contributed by atoms with Gasteiger partial charge in [0.1, 0.15) is 0 Å². The largest absolute Gasteiger partial charge is 0.351 e. The SMILES string of the molecule is CCCCCC(=O)NCc1ccc(Br)s1. The van der Waals surface area contributed by atoms with E-state index in [4.69, 9.17) is 0 Å². The lowest BCUT2D eigenvalue weighted by atomic mass is 10.2. The van der Waals surface area contributed by atoms with Gasteiger partial charge >= 0.3 is 0 Å². The van der Waals surface area contributed by atoms with Gasteiger partial charge in [0.15, 0.2) is 0 Å². The molecule has 1 heterocycles. The van der Waals surface area contributed by atoms with E-state index in [1.54, 1.807) is 11.3 Å². The molecule has 0 saturated carbocycles. The molecule has 1 amide bonds. The van der Waals surface area contributed by atoms with Gasteiger partial charge in [0.25, 0.3) is 0 Å². The highest BCUT2D eigenvalue weighted by molar-refractivity contribution is 9.11. The Morgan fingerprint density at radius 1 is 1.47 bits per heavy atom. The van der Waals surface area contributed by atoms with Gasteiger partial charge in [-0.3, -0.25) is 4.79 Å². The summed E-state index contributed by atoms with van der Waals surface area (Å²) in [5.74, 6) is 0.160. The summed E-state index contributed by atoms with van der Waals surface area (Å²) >= 11 is 5.06. The topological polar surface area (TPSA) is 29.1 Å². The van der Waals surface area contributed by atoms with Gasteiger partial charge < -0.3 is 5.32 Å². The second kappa shape index (κ2) is 7.01. The number of unbranched alkanes of at least 4 members (excludes halogenated alkanes) is 2. The van der Waals surface area contributed by atoms with Crippen LogP contribution in [0.5, 0.6) is 0 Å². The van der Waals surface area contributed by atoms with E-state index in [-0.39, 0.29) is 5.91 Å². The molecule has 1 aromatic heterocycles. The second-order valence-corrected chi connectivity index (χ2v) is 5.99. The van der Waals surface area contributed by atoms with Gasteiger partial charge in [-0.05, 0) is 34.5 Å². The van der Waals surface area contributed by atoms with Crippen LogP contribution >= 0.6 is 27.3 Å². The van der Waals surface area contributed by atoms with Crippen molar-refractivity contribution >= 4 is 33.2 Å². The lowest BCUT2D eigenvalue weighted by Crippen LogP contribution is -2.21. The second-order valence-electron chi connectivity index (χ2n) is 3.44. The van der Waals surface area contributed by atoms with E-state index >= 15 is 0 Å². The molecule has 2 nitrogen and oxygen atoms in total. The smallest absolute Gasteiger partial charge is 0.220 e. The highest BCUT2D eigenvalue weighted by Crippen LogP contribution is 2.21. The van der Waals surface area contributed by atoms with Crippen molar-refractivity contribution in [3.05, 3.63) is 20.8 Å². The molecule has 0 spiro atoms. The Kier molecular flexibility index (Phi) is 5.95. The average Bonchev–Trinajstić information content (AvgIpc) is 2.62. The minimum Gasteiger partial charge on any atom is -0.351 e. The summed E-state index contributed by atoms with van der Waals surface area (Å²) in [5.41, 5.74) is 0. The van der Waals surface area contributed by atoms with Crippen LogP contribution in [0.3, 0.4) is 0 Å². The number of rotatable bonds is 6. The van der Waals surface area contributed by atoms with Crippen LogP contribution in [0.15, 0.2) is 15.9 Å². The lowest BCUT2D eigenvalue weighted by Gasteiger charge is -2.02. The summed E-state index contributed by atoms with van der Waals surface area (Å²) in [6.45, 7) is 2.79. The normalized spacial score (nSPS) is 10.3. The van der Waals surface area contributed by atoms with Crippen molar-refractivity contribution < 1.29 is 4.79 Å².